The molecule has 0 spiro atoms. The van der Waals surface area contributed by atoms with Crippen LogP contribution in [-0.2, 0) is 0 Å². The van der Waals surface area contributed by atoms with E-state index < -0.39 is 0 Å². The topological polar surface area (TPSA) is 84.2 Å². The largest absolute Gasteiger partial charge is 0.451 e. The summed E-state index contributed by atoms with van der Waals surface area (Å²) in [7, 11) is 0. The second-order valence-electron chi connectivity index (χ2n) is 6.02. The summed E-state index contributed by atoms with van der Waals surface area (Å²) in [5.41, 5.74) is 2.33. The molecule has 0 fully saturated rings. The maximum atomic E-state index is 12.6. The zero-order chi connectivity index (χ0) is 19.7. The molecule has 2 aromatic carbocycles. The van der Waals surface area contributed by atoms with E-state index in [1.54, 1.807) is 54.0 Å². The fraction of sp³-hybridized carbons (Fsp3) is 0.0500. The number of anilines is 2. The summed E-state index contributed by atoms with van der Waals surface area (Å²) in [5, 5.41) is 9.17. The Bertz CT molecular complexity index is 1170. The number of rotatable bonds is 4. The van der Waals surface area contributed by atoms with Gasteiger partial charge in [0.2, 0.25) is 0 Å². The first-order valence-electron chi connectivity index (χ1n) is 8.32. The first kappa shape index (κ1) is 18.2. The van der Waals surface area contributed by atoms with Crippen molar-refractivity contribution in [2.24, 2.45) is 0 Å². The first-order chi connectivity index (χ1) is 13.5. The van der Waals surface area contributed by atoms with Crippen molar-refractivity contribution in [1.82, 2.24) is 4.98 Å². The van der Waals surface area contributed by atoms with Crippen molar-refractivity contribution in [1.29, 1.82) is 0 Å². The monoisotopic (exact) mass is 411 g/mol. The minimum atomic E-state index is -0.371. The molecule has 0 aliphatic carbocycles. The van der Waals surface area contributed by atoms with Crippen molar-refractivity contribution in [3.05, 3.63) is 76.0 Å². The Kier molecular flexibility index (Phi) is 4.85. The molecule has 0 bridgehead atoms. The molecule has 0 aliphatic rings. The maximum absolute atomic E-state index is 12.6. The minimum absolute atomic E-state index is 0.225. The van der Waals surface area contributed by atoms with Crippen LogP contribution >= 0.6 is 22.9 Å². The Morgan fingerprint density at radius 2 is 1.86 bits per heavy atom. The average Bonchev–Trinajstić information content (AvgIpc) is 3.30. The number of amides is 2. The van der Waals surface area contributed by atoms with Gasteiger partial charge in [-0.2, -0.15) is 0 Å². The Labute approximate surface area is 169 Å². The van der Waals surface area contributed by atoms with E-state index in [0.717, 1.165) is 10.9 Å². The van der Waals surface area contributed by atoms with Crippen molar-refractivity contribution in [3.63, 3.8) is 0 Å². The van der Waals surface area contributed by atoms with Crippen LogP contribution in [0.25, 0.3) is 11.0 Å². The van der Waals surface area contributed by atoms with Gasteiger partial charge in [0, 0.05) is 38.8 Å². The molecule has 0 aliphatic heterocycles. The van der Waals surface area contributed by atoms with Crippen molar-refractivity contribution in [2.75, 3.05) is 10.6 Å². The zero-order valence-electron chi connectivity index (χ0n) is 14.7. The van der Waals surface area contributed by atoms with E-state index in [-0.39, 0.29) is 17.6 Å². The molecular formula is C20H14ClN3O3S. The number of hydrogen-bond donors (Lipinski definition) is 2. The number of fused-ring (bicyclic) bond motifs is 1. The minimum Gasteiger partial charge on any atom is -0.451 e. The van der Waals surface area contributed by atoms with E-state index in [1.807, 2.05) is 6.92 Å². The number of aromatic nitrogens is 1. The highest BCUT2D eigenvalue weighted by atomic mass is 35.5. The molecule has 2 N–H and O–H groups in total. The highest BCUT2D eigenvalue weighted by Crippen LogP contribution is 2.28. The van der Waals surface area contributed by atoms with Crippen molar-refractivity contribution in [2.45, 2.75) is 6.92 Å². The van der Waals surface area contributed by atoms with E-state index in [1.165, 1.54) is 11.3 Å². The molecule has 0 saturated heterocycles. The molecule has 0 saturated carbocycles. The third-order valence-corrected chi connectivity index (χ3v) is 5.09. The quantitative estimate of drug-likeness (QED) is 0.473. The summed E-state index contributed by atoms with van der Waals surface area (Å²) in [6.45, 7) is 1.81. The van der Waals surface area contributed by atoms with E-state index in [2.05, 4.69) is 15.6 Å². The molecule has 2 heterocycles. The van der Waals surface area contributed by atoms with E-state index in [9.17, 15) is 9.59 Å². The number of hydrogen-bond acceptors (Lipinski definition) is 5. The lowest BCUT2D eigenvalue weighted by Crippen LogP contribution is -2.13. The number of halogens is 1. The van der Waals surface area contributed by atoms with Gasteiger partial charge in [0.25, 0.3) is 11.8 Å². The molecule has 2 aromatic heterocycles. The fourth-order valence-corrected chi connectivity index (χ4v) is 3.45. The second-order valence-corrected chi connectivity index (χ2v) is 7.35. The molecule has 0 radical (unpaired) electrons. The van der Waals surface area contributed by atoms with Crippen LogP contribution in [0.15, 0.2) is 58.5 Å². The molecular weight excluding hydrogens is 398 g/mol. The number of benzene rings is 2. The predicted molar refractivity (Wildman–Crippen MR) is 110 cm³/mol. The Hall–Kier alpha value is -3.16. The standard InChI is InChI=1S/C20H14ClN3O3S/c1-11-15-10-13(21)4-7-16(15)27-17(11)19(26)23-14-5-2-12(3-6-14)18(25)24-20-22-8-9-28-20/h2-10H,1H3,(H,23,26)(H,22,24,25). The molecule has 4 rings (SSSR count). The third-order valence-electron chi connectivity index (χ3n) is 4.16. The first-order valence-corrected chi connectivity index (χ1v) is 9.58. The fourth-order valence-electron chi connectivity index (χ4n) is 2.76. The van der Waals surface area contributed by atoms with Crippen LogP contribution < -0.4 is 10.6 Å². The van der Waals surface area contributed by atoms with Crippen LogP contribution in [0.4, 0.5) is 10.8 Å². The SMILES string of the molecule is Cc1c(C(=O)Nc2ccc(C(=O)Nc3nccs3)cc2)oc2ccc(Cl)cc12. The number of nitrogens with one attached hydrogen (secondary N) is 2. The molecule has 0 unspecified atom stereocenters. The van der Waals surface area contributed by atoms with Gasteiger partial charge in [-0.1, -0.05) is 11.6 Å². The summed E-state index contributed by atoms with van der Waals surface area (Å²) in [6, 6.07) is 11.8. The summed E-state index contributed by atoms with van der Waals surface area (Å²) >= 11 is 7.36. The Morgan fingerprint density at radius 3 is 2.57 bits per heavy atom. The number of furan rings is 1. The van der Waals surface area contributed by atoms with Crippen molar-refractivity contribution in [3.8, 4) is 0 Å². The highest BCUT2D eigenvalue weighted by Gasteiger charge is 2.18. The summed E-state index contributed by atoms with van der Waals surface area (Å²) < 4.78 is 5.67. The van der Waals surface area contributed by atoms with Gasteiger partial charge < -0.3 is 9.73 Å². The van der Waals surface area contributed by atoms with E-state index >= 15 is 0 Å². The maximum Gasteiger partial charge on any atom is 0.291 e. The van der Waals surface area contributed by atoms with Gasteiger partial charge in [-0.3, -0.25) is 14.9 Å². The molecule has 4 aromatic rings. The predicted octanol–water partition coefficient (Wildman–Crippen LogP) is 5.36. The zero-order valence-corrected chi connectivity index (χ0v) is 16.2. The number of nitrogens with zero attached hydrogens (tertiary/aromatic N) is 1. The summed E-state index contributed by atoms with van der Waals surface area (Å²) in [4.78, 5) is 28.8. The van der Waals surface area contributed by atoms with Gasteiger partial charge in [0.1, 0.15) is 5.58 Å². The average molecular weight is 412 g/mol. The van der Waals surface area contributed by atoms with Gasteiger partial charge in [0.15, 0.2) is 10.9 Å². The summed E-state index contributed by atoms with van der Waals surface area (Å²) in [6.07, 6.45) is 1.62. The molecule has 28 heavy (non-hydrogen) atoms. The normalized spacial score (nSPS) is 10.8. The van der Waals surface area contributed by atoms with Gasteiger partial charge in [-0.05, 0) is 49.4 Å². The Balaban J connectivity index is 1.49. The Morgan fingerprint density at radius 1 is 1.07 bits per heavy atom. The van der Waals surface area contributed by atoms with Gasteiger partial charge in [-0.15, -0.1) is 11.3 Å². The van der Waals surface area contributed by atoms with Gasteiger partial charge in [0.05, 0.1) is 0 Å². The lowest BCUT2D eigenvalue weighted by Gasteiger charge is -2.06. The van der Waals surface area contributed by atoms with Crippen LogP contribution in [-0.4, -0.2) is 16.8 Å². The lowest BCUT2D eigenvalue weighted by atomic mass is 10.1. The van der Waals surface area contributed by atoms with Crippen LogP contribution in [0.1, 0.15) is 26.5 Å². The van der Waals surface area contributed by atoms with Crippen molar-refractivity contribution >= 4 is 56.5 Å². The smallest absolute Gasteiger partial charge is 0.291 e. The van der Waals surface area contributed by atoms with Crippen LogP contribution in [0.3, 0.4) is 0 Å². The highest BCUT2D eigenvalue weighted by molar-refractivity contribution is 7.13. The lowest BCUT2D eigenvalue weighted by molar-refractivity contribution is 0.0996. The van der Waals surface area contributed by atoms with Crippen LogP contribution in [0.5, 0.6) is 0 Å². The molecule has 6 nitrogen and oxygen atoms in total. The van der Waals surface area contributed by atoms with Gasteiger partial charge in [-0.25, -0.2) is 4.98 Å². The molecule has 140 valence electrons. The molecule has 2 amide bonds. The third kappa shape index (κ3) is 3.62. The summed E-state index contributed by atoms with van der Waals surface area (Å²) in [5.74, 6) is -0.412. The number of carbonyl (C=O) groups excluding carboxylic acids is 2. The van der Waals surface area contributed by atoms with Crippen molar-refractivity contribution < 1.29 is 14.0 Å². The number of thiazole rings is 1. The van der Waals surface area contributed by atoms with E-state index in [4.69, 9.17) is 16.0 Å². The molecule has 0 atom stereocenters. The molecule has 8 heteroatoms. The second kappa shape index (κ2) is 7.46. The van der Waals surface area contributed by atoms with Gasteiger partial charge >= 0.3 is 0 Å². The van der Waals surface area contributed by atoms with E-state index in [0.29, 0.717) is 27.0 Å². The number of carbonyl (C=O) groups is 2. The van der Waals surface area contributed by atoms with Crippen LogP contribution in [0.2, 0.25) is 5.02 Å². The van der Waals surface area contributed by atoms with Crippen LogP contribution in [0, 0.1) is 6.92 Å². The number of aryl methyl sites for hydroxylation is 1.